The molecular formula is C17H20N2O2. The lowest BCUT2D eigenvalue weighted by atomic mass is 10.0. The molecule has 0 aliphatic rings. The molecule has 3 N–H and O–H groups in total. The zero-order chi connectivity index (χ0) is 15.2. The average Bonchev–Trinajstić information content (AvgIpc) is 2.47. The van der Waals surface area contributed by atoms with Crippen molar-refractivity contribution in [2.24, 2.45) is 0 Å². The van der Waals surface area contributed by atoms with Crippen LogP contribution < -0.4 is 10.6 Å². The number of benzene rings is 2. The van der Waals surface area contributed by atoms with Crippen LogP contribution in [0.2, 0.25) is 0 Å². The minimum absolute atomic E-state index is 0.162. The number of hydrogen-bond acceptors (Lipinski definition) is 3. The van der Waals surface area contributed by atoms with Gasteiger partial charge in [0.1, 0.15) is 6.61 Å². The molecule has 110 valence electrons. The SMILES string of the molecule is Cc1ccccc1C(C)Nc1cccc(NC(=O)CO)c1. The summed E-state index contributed by atoms with van der Waals surface area (Å²) in [5, 5.41) is 14.8. The zero-order valence-electron chi connectivity index (χ0n) is 12.3. The van der Waals surface area contributed by atoms with E-state index >= 15 is 0 Å². The van der Waals surface area contributed by atoms with Crippen molar-refractivity contribution in [3.63, 3.8) is 0 Å². The van der Waals surface area contributed by atoms with Crippen molar-refractivity contribution in [2.75, 3.05) is 17.2 Å². The number of rotatable bonds is 5. The predicted molar refractivity (Wildman–Crippen MR) is 85.4 cm³/mol. The third kappa shape index (κ3) is 4.07. The van der Waals surface area contributed by atoms with Gasteiger partial charge in [0.2, 0.25) is 5.91 Å². The number of amides is 1. The third-order valence-electron chi connectivity index (χ3n) is 3.33. The Morgan fingerprint density at radius 1 is 1.14 bits per heavy atom. The van der Waals surface area contributed by atoms with Crippen LogP contribution in [-0.2, 0) is 4.79 Å². The number of carbonyl (C=O) groups is 1. The number of carbonyl (C=O) groups excluding carboxylic acids is 1. The second-order valence-electron chi connectivity index (χ2n) is 5.01. The first kappa shape index (κ1) is 15.1. The molecule has 0 aromatic heterocycles. The number of aliphatic hydroxyl groups excluding tert-OH is 1. The Morgan fingerprint density at radius 2 is 1.86 bits per heavy atom. The second kappa shape index (κ2) is 6.90. The van der Waals surface area contributed by atoms with E-state index in [2.05, 4.69) is 36.6 Å². The van der Waals surface area contributed by atoms with Crippen LogP contribution in [0, 0.1) is 6.92 Å². The fourth-order valence-corrected chi connectivity index (χ4v) is 2.29. The Hall–Kier alpha value is -2.33. The summed E-state index contributed by atoms with van der Waals surface area (Å²) in [5.41, 5.74) is 4.06. The van der Waals surface area contributed by atoms with Crippen molar-refractivity contribution in [2.45, 2.75) is 19.9 Å². The van der Waals surface area contributed by atoms with Crippen LogP contribution in [0.15, 0.2) is 48.5 Å². The smallest absolute Gasteiger partial charge is 0.250 e. The Bertz CT molecular complexity index is 626. The Kier molecular flexibility index (Phi) is 4.95. The molecule has 2 rings (SSSR count). The maximum atomic E-state index is 11.2. The number of aryl methyl sites for hydroxylation is 1. The fourth-order valence-electron chi connectivity index (χ4n) is 2.29. The Labute approximate surface area is 124 Å². The molecule has 21 heavy (non-hydrogen) atoms. The summed E-state index contributed by atoms with van der Waals surface area (Å²) in [6.45, 7) is 3.67. The van der Waals surface area contributed by atoms with Crippen LogP contribution in [0.1, 0.15) is 24.1 Å². The molecule has 2 aromatic carbocycles. The van der Waals surface area contributed by atoms with E-state index in [1.54, 1.807) is 6.07 Å². The summed E-state index contributed by atoms with van der Waals surface area (Å²) in [5.74, 6) is -0.417. The molecule has 0 bridgehead atoms. The van der Waals surface area contributed by atoms with E-state index in [0.717, 1.165) is 5.69 Å². The maximum Gasteiger partial charge on any atom is 0.250 e. The van der Waals surface area contributed by atoms with Gasteiger partial charge in [0, 0.05) is 17.4 Å². The average molecular weight is 284 g/mol. The first-order chi connectivity index (χ1) is 10.1. The van der Waals surface area contributed by atoms with Gasteiger partial charge in [-0.15, -0.1) is 0 Å². The van der Waals surface area contributed by atoms with Gasteiger partial charge in [-0.3, -0.25) is 4.79 Å². The highest BCUT2D eigenvalue weighted by Gasteiger charge is 2.08. The Balaban J connectivity index is 2.11. The normalized spacial score (nSPS) is 11.8. The molecule has 0 fully saturated rings. The van der Waals surface area contributed by atoms with Crippen molar-refractivity contribution in [3.8, 4) is 0 Å². The van der Waals surface area contributed by atoms with E-state index in [-0.39, 0.29) is 6.04 Å². The standard InChI is InChI=1S/C17H20N2O2/c1-12-6-3-4-9-16(12)13(2)18-14-7-5-8-15(10-14)19-17(21)11-20/h3-10,13,18,20H,11H2,1-2H3,(H,19,21). The van der Waals surface area contributed by atoms with Gasteiger partial charge < -0.3 is 15.7 Å². The Morgan fingerprint density at radius 3 is 2.57 bits per heavy atom. The number of hydrogen-bond donors (Lipinski definition) is 3. The molecule has 4 nitrogen and oxygen atoms in total. The number of anilines is 2. The van der Waals surface area contributed by atoms with Gasteiger partial charge in [-0.05, 0) is 43.2 Å². The van der Waals surface area contributed by atoms with Crippen molar-refractivity contribution >= 4 is 17.3 Å². The van der Waals surface area contributed by atoms with E-state index in [4.69, 9.17) is 5.11 Å². The summed E-state index contributed by atoms with van der Waals surface area (Å²) >= 11 is 0. The topological polar surface area (TPSA) is 61.4 Å². The molecule has 0 saturated heterocycles. The van der Waals surface area contributed by atoms with Gasteiger partial charge in [-0.25, -0.2) is 0 Å². The molecule has 0 spiro atoms. The van der Waals surface area contributed by atoms with E-state index in [0.29, 0.717) is 5.69 Å². The molecule has 0 radical (unpaired) electrons. The molecule has 0 aliphatic heterocycles. The monoisotopic (exact) mass is 284 g/mol. The van der Waals surface area contributed by atoms with Crippen molar-refractivity contribution in [1.82, 2.24) is 0 Å². The van der Waals surface area contributed by atoms with Crippen molar-refractivity contribution in [3.05, 3.63) is 59.7 Å². The highest BCUT2D eigenvalue weighted by molar-refractivity contribution is 5.91. The lowest BCUT2D eigenvalue weighted by Crippen LogP contribution is -2.15. The number of nitrogens with one attached hydrogen (secondary N) is 2. The first-order valence-corrected chi connectivity index (χ1v) is 6.93. The lowest BCUT2D eigenvalue weighted by molar-refractivity contribution is -0.118. The second-order valence-corrected chi connectivity index (χ2v) is 5.01. The van der Waals surface area contributed by atoms with Gasteiger partial charge in [-0.1, -0.05) is 30.3 Å². The van der Waals surface area contributed by atoms with Gasteiger partial charge in [0.15, 0.2) is 0 Å². The summed E-state index contributed by atoms with van der Waals surface area (Å²) in [7, 11) is 0. The molecule has 4 heteroatoms. The highest BCUT2D eigenvalue weighted by atomic mass is 16.3. The van der Waals surface area contributed by atoms with Crippen LogP contribution >= 0.6 is 0 Å². The molecular weight excluding hydrogens is 264 g/mol. The number of aliphatic hydroxyl groups is 1. The minimum Gasteiger partial charge on any atom is -0.387 e. The van der Waals surface area contributed by atoms with Gasteiger partial charge in [0.25, 0.3) is 0 Å². The van der Waals surface area contributed by atoms with Gasteiger partial charge in [0.05, 0.1) is 0 Å². The first-order valence-electron chi connectivity index (χ1n) is 6.93. The molecule has 1 atom stereocenters. The molecule has 1 amide bonds. The van der Waals surface area contributed by atoms with Crippen molar-refractivity contribution < 1.29 is 9.90 Å². The largest absolute Gasteiger partial charge is 0.387 e. The third-order valence-corrected chi connectivity index (χ3v) is 3.33. The fraction of sp³-hybridized carbons (Fsp3) is 0.235. The predicted octanol–water partition coefficient (Wildman–Crippen LogP) is 3.10. The van der Waals surface area contributed by atoms with E-state index in [1.807, 2.05) is 30.3 Å². The molecule has 0 saturated carbocycles. The van der Waals surface area contributed by atoms with Crippen LogP contribution in [0.4, 0.5) is 11.4 Å². The molecule has 0 aliphatic carbocycles. The summed E-state index contributed by atoms with van der Waals surface area (Å²) in [6.07, 6.45) is 0. The maximum absolute atomic E-state index is 11.2. The van der Waals surface area contributed by atoms with E-state index < -0.39 is 12.5 Å². The van der Waals surface area contributed by atoms with Crippen molar-refractivity contribution in [1.29, 1.82) is 0 Å². The van der Waals surface area contributed by atoms with Gasteiger partial charge >= 0.3 is 0 Å². The highest BCUT2D eigenvalue weighted by Crippen LogP contribution is 2.23. The van der Waals surface area contributed by atoms with Crippen LogP contribution in [0.25, 0.3) is 0 Å². The molecule has 2 aromatic rings. The summed E-state index contributed by atoms with van der Waals surface area (Å²) in [4.78, 5) is 11.2. The zero-order valence-corrected chi connectivity index (χ0v) is 12.3. The molecule has 0 heterocycles. The molecule has 1 unspecified atom stereocenters. The lowest BCUT2D eigenvalue weighted by Gasteiger charge is -2.18. The van der Waals surface area contributed by atoms with E-state index in [9.17, 15) is 4.79 Å². The van der Waals surface area contributed by atoms with Crippen LogP contribution in [-0.4, -0.2) is 17.6 Å². The van der Waals surface area contributed by atoms with E-state index in [1.165, 1.54) is 11.1 Å². The van der Waals surface area contributed by atoms with Crippen LogP contribution in [0.5, 0.6) is 0 Å². The summed E-state index contributed by atoms with van der Waals surface area (Å²) in [6, 6.07) is 15.9. The quantitative estimate of drug-likeness (QED) is 0.790. The summed E-state index contributed by atoms with van der Waals surface area (Å²) < 4.78 is 0. The minimum atomic E-state index is -0.517. The van der Waals surface area contributed by atoms with Crippen LogP contribution in [0.3, 0.4) is 0 Å². The van der Waals surface area contributed by atoms with Gasteiger partial charge in [-0.2, -0.15) is 0 Å².